The Kier molecular flexibility index (Phi) is 6.38. The fourth-order valence-electron chi connectivity index (χ4n) is 2.97. The molecule has 4 rings (SSSR count). The van der Waals surface area contributed by atoms with Gasteiger partial charge in [-0.05, 0) is 61.0 Å². The Bertz CT molecular complexity index is 1220. The van der Waals surface area contributed by atoms with E-state index in [0.717, 1.165) is 11.8 Å². The number of ether oxygens (including phenoxy) is 2. The van der Waals surface area contributed by atoms with Crippen molar-refractivity contribution in [2.45, 2.75) is 6.92 Å². The second-order valence-corrected chi connectivity index (χ2v) is 8.18. The molecule has 2 heterocycles. The molecule has 9 heteroatoms. The number of halogens is 1. The molecule has 0 N–H and O–H groups in total. The minimum atomic E-state index is -0.653. The molecule has 1 fully saturated rings. The fraction of sp³-hybridized carbons (Fsp3) is 0.0870. The molecule has 0 unspecified atom stereocenters. The summed E-state index contributed by atoms with van der Waals surface area (Å²) in [6.45, 7) is 2.14. The molecule has 0 saturated carbocycles. The molecule has 1 aliphatic heterocycles. The Morgan fingerprint density at radius 2 is 2.03 bits per heavy atom. The van der Waals surface area contributed by atoms with Crippen LogP contribution < -0.4 is 14.4 Å². The maximum Gasteiger partial charge on any atom is 0.379 e. The molecule has 32 heavy (non-hydrogen) atoms. The molecule has 0 aliphatic carbocycles. The molecule has 0 spiro atoms. The minimum absolute atomic E-state index is 0.0672. The van der Waals surface area contributed by atoms with E-state index in [9.17, 15) is 14.0 Å². The summed E-state index contributed by atoms with van der Waals surface area (Å²) in [7, 11) is 0. The van der Waals surface area contributed by atoms with E-state index in [-0.39, 0.29) is 17.4 Å². The maximum atomic E-state index is 13.6. The number of nitrogens with zero attached hydrogens (tertiary/aromatic N) is 1. The highest BCUT2D eigenvalue weighted by molar-refractivity contribution is 8.27. The van der Waals surface area contributed by atoms with Gasteiger partial charge >= 0.3 is 5.97 Å². The predicted octanol–water partition coefficient (Wildman–Crippen LogP) is 5.44. The second kappa shape index (κ2) is 9.37. The summed E-state index contributed by atoms with van der Waals surface area (Å²) in [5.41, 5.74) is 1.01. The average molecular weight is 470 g/mol. The number of hydrogen-bond acceptors (Lipinski definition) is 7. The molecule has 3 aromatic rings. The number of thiocarbonyl (C=S) groups is 1. The van der Waals surface area contributed by atoms with Crippen LogP contribution in [-0.4, -0.2) is 22.8 Å². The first-order valence-corrected chi connectivity index (χ1v) is 10.7. The fourth-order valence-corrected chi connectivity index (χ4v) is 4.27. The molecule has 6 nitrogen and oxygen atoms in total. The molecule has 1 aromatic heterocycles. The number of rotatable bonds is 6. The highest BCUT2D eigenvalue weighted by atomic mass is 32.2. The first kappa shape index (κ1) is 21.8. The standard InChI is InChI=1S/C23H16FNO5S2/c1-2-28-19-11-14(8-9-17(19)30-22(27)18-7-4-10-29-18)12-20-21(26)25(23(31)32-20)16-6-3-5-15(24)13-16/h3-13H,2H2,1H3. The van der Waals surface area contributed by atoms with Crippen LogP contribution in [-0.2, 0) is 4.79 Å². The lowest BCUT2D eigenvalue weighted by atomic mass is 10.1. The second-order valence-electron chi connectivity index (χ2n) is 6.50. The number of benzene rings is 2. The van der Waals surface area contributed by atoms with Crippen molar-refractivity contribution in [3.63, 3.8) is 0 Å². The van der Waals surface area contributed by atoms with Crippen molar-refractivity contribution in [2.24, 2.45) is 0 Å². The highest BCUT2D eigenvalue weighted by Gasteiger charge is 2.33. The molecule has 0 bridgehead atoms. The van der Waals surface area contributed by atoms with E-state index in [0.29, 0.717) is 32.8 Å². The number of amides is 1. The summed E-state index contributed by atoms with van der Waals surface area (Å²) in [6.07, 6.45) is 3.03. The van der Waals surface area contributed by atoms with Gasteiger partial charge in [0.2, 0.25) is 5.76 Å². The summed E-state index contributed by atoms with van der Waals surface area (Å²) >= 11 is 6.44. The molecule has 1 aliphatic rings. The van der Waals surface area contributed by atoms with Crippen molar-refractivity contribution < 1.29 is 27.9 Å². The quantitative estimate of drug-likeness (QED) is 0.206. The first-order valence-electron chi connectivity index (χ1n) is 9.52. The Balaban J connectivity index is 1.59. The summed E-state index contributed by atoms with van der Waals surface area (Å²) < 4.78 is 29.9. The van der Waals surface area contributed by atoms with Crippen LogP contribution in [0, 0.1) is 5.82 Å². The zero-order chi connectivity index (χ0) is 22.7. The molecule has 0 radical (unpaired) electrons. The lowest BCUT2D eigenvalue weighted by molar-refractivity contribution is -0.113. The van der Waals surface area contributed by atoms with Crippen molar-refractivity contribution >= 4 is 51.9 Å². The summed E-state index contributed by atoms with van der Waals surface area (Å²) in [4.78, 5) is 26.8. The van der Waals surface area contributed by atoms with Gasteiger partial charge in [-0.25, -0.2) is 9.18 Å². The minimum Gasteiger partial charge on any atom is -0.490 e. The third-order valence-corrected chi connectivity index (χ3v) is 5.65. The van der Waals surface area contributed by atoms with Crippen LogP contribution in [0.4, 0.5) is 10.1 Å². The van der Waals surface area contributed by atoms with Crippen molar-refractivity contribution in [2.75, 3.05) is 11.5 Å². The summed E-state index contributed by atoms with van der Waals surface area (Å²) in [6, 6.07) is 13.7. The van der Waals surface area contributed by atoms with E-state index >= 15 is 0 Å². The Labute approximate surface area is 192 Å². The number of carbonyl (C=O) groups is 2. The lowest BCUT2D eigenvalue weighted by Crippen LogP contribution is -2.27. The van der Waals surface area contributed by atoms with E-state index in [1.165, 1.54) is 35.4 Å². The highest BCUT2D eigenvalue weighted by Crippen LogP contribution is 2.37. The molecule has 0 atom stereocenters. The SMILES string of the molecule is CCOc1cc(C=C2SC(=S)N(c3cccc(F)c3)C2=O)ccc1OC(=O)c1ccco1. The van der Waals surface area contributed by atoms with Crippen molar-refractivity contribution in [3.8, 4) is 11.5 Å². The van der Waals surface area contributed by atoms with Crippen molar-refractivity contribution in [3.05, 3.63) is 82.9 Å². The predicted molar refractivity (Wildman–Crippen MR) is 123 cm³/mol. The average Bonchev–Trinajstić information content (AvgIpc) is 3.39. The van der Waals surface area contributed by atoms with Gasteiger partial charge in [0.25, 0.3) is 5.91 Å². The van der Waals surface area contributed by atoms with Crippen LogP contribution in [0.3, 0.4) is 0 Å². The van der Waals surface area contributed by atoms with E-state index in [1.54, 1.807) is 43.3 Å². The topological polar surface area (TPSA) is 69.0 Å². The van der Waals surface area contributed by atoms with E-state index in [1.807, 2.05) is 0 Å². The van der Waals surface area contributed by atoms with Gasteiger partial charge < -0.3 is 13.9 Å². The Hall–Kier alpha value is -3.43. The van der Waals surface area contributed by atoms with Crippen LogP contribution >= 0.6 is 24.0 Å². The number of esters is 1. The zero-order valence-corrected chi connectivity index (χ0v) is 18.4. The molecule has 1 amide bonds. The van der Waals surface area contributed by atoms with Gasteiger partial charge in [-0.3, -0.25) is 9.69 Å². The summed E-state index contributed by atoms with van der Waals surface area (Å²) in [5.74, 6) is -0.838. The van der Waals surface area contributed by atoms with Crippen molar-refractivity contribution in [1.82, 2.24) is 0 Å². The lowest BCUT2D eigenvalue weighted by Gasteiger charge is -2.14. The number of carbonyl (C=O) groups excluding carboxylic acids is 2. The molecule has 1 saturated heterocycles. The van der Waals surface area contributed by atoms with Gasteiger partial charge in [-0.15, -0.1) is 0 Å². The monoisotopic (exact) mass is 469 g/mol. The molecular weight excluding hydrogens is 453 g/mol. The van der Waals surface area contributed by atoms with Crippen LogP contribution in [0.15, 0.2) is 70.2 Å². The van der Waals surface area contributed by atoms with Gasteiger partial charge in [-0.2, -0.15) is 0 Å². The number of thioether (sulfide) groups is 1. The number of furan rings is 1. The largest absolute Gasteiger partial charge is 0.490 e. The Morgan fingerprint density at radius 3 is 2.75 bits per heavy atom. The smallest absolute Gasteiger partial charge is 0.379 e. The van der Waals surface area contributed by atoms with Gasteiger partial charge in [0, 0.05) is 0 Å². The van der Waals surface area contributed by atoms with Crippen molar-refractivity contribution in [1.29, 1.82) is 0 Å². The van der Waals surface area contributed by atoms with Gasteiger partial charge in [0.1, 0.15) is 5.82 Å². The van der Waals surface area contributed by atoms with E-state index in [4.69, 9.17) is 26.1 Å². The Morgan fingerprint density at radius 1 is 1.19 bits per heavy atom. The van der Waals surface area contributed by atoms with Crippen LogP contribution in [0.2, 0.25) is 0 Å². The summed E-state index contributed by atoms with van der Waals surface area (Å²) in [5, 5.41) is 0. The zero-order valence-electron chi connectivity index (χ0n) is 16.7. The van der Waals surface area contributed by atoms with Gasteiger partial charge in [-0.1, -0.05) is 36.1 Å². The third kappa shape index (κ3) is 4.58. The molecule has 2 aromatic carbocycles. The van der Waals surface area contributed by atoms with E-state index < -0.39 is 11.8 Å². The van der Waals surface area contributed by atoms with Gasteiger partial charge in [0.05, 0.1) is 23.5 Å². The van der Waals surface area contributed by atoms with Crippen LogP contribution in [0.5, 0.6) is 11.5 Å². The molecular formula is C23H16FNO5S2. The number of hydrogen-bond donors (Lipinski definition) is 0. The van der Waals surface area contributed by atoms with Crippen LogP contribution in [0.1, 0.15) is 23.0 Å². The maximum absolute atomic E-state index is 13.6. The third-order valence-electron chi connectivity index (χ3n) is 4.35. The normalized spacial score (nSPS) is 14.8. The van der Waals surface area contributed by atoms with Crippen LogP contribution in [0.25, 0.3) is 6.08 Å². The molecule has 162 valence electrons. The van der Waals surface area contributed by atoms with E-state index in [2.05, 4.69) is 0 Å². The number of anilines is 1. The first-order chi connectivity index (χ1) is 15.5. The van der Waals surface area contributed by atoms with Gasteiger partial charge in [0.15, 0.2) is 15.8 Å².